The van der Waals surface area contributed by atoms with E-state index in [4.69, 9.17) is 18.6 Å². The number of thioether (sulfide) groups is 2. The maximum atomic E-state index is 12.5. The fraction of sp³-hybridized carbons (Fsp3) is 0.696. The van der Waals surface area contributed by atoms with Crippen molar-refractivity contribution < 1.29 is 23.4 Å². The van der Waals surface area contributed by atoms with Gasteiger partial charge in [0.1, 0.15) is 6.10 Å². The Kier molecular flexibility index (Phi) is 7.66. The molecule has 0 spiro atoms. The average molecular weight is 485 g/mol. The molecule has 0 radical (unpaired) electrons. The van der Waals surface area contributed by atoms with E-state index < -0.39 is 8.32 Å². The van der Waals surface area contributed by atoms with E-state index in [0.29, 0.717) is 24.5 Å². The predicted octanol–water partition coefficient (Wildman–Crippen LogP) is 5.68. The molecule has 2 heterocycles. The minimum absolute atomic E-state index is 0.0400. The van der Waals surface area contributed by atoms with Gasteiger partial charge in [-0.15, -0.1) is 23.5 Å². The number of carbonyl (C=O) groups excluding carboxylic acids is 1. The van der Waals surface area contributed by atoms with Gasteiger partial charge in [-0.2, -0.15) is 0 Å². The molecule has 2 saturated heterocycles. The summed E-state index contributed by atoms with van der Waals surface area (Å²) in [6.07, 6.45) is 1.34. The van der Waals surface area contributed by atoms with Crippen LogP contribution in [0.4, 0.5) is 0 Å². The van der Waals surface area contributed by atoms with Crippen molar-refractivity contribution in [1.29, 1.82) is 0 Å². The largest absolute Gasteiger partial charge is 0.493 e. The van der Waals surface area contributed by atoms with Crippen molar-refractivity contribution in [3.05, 3.63) is 23.8 Å². The van der Waals surface area contributed by atoms with Gasteiger partial charge in [0, 0.05) is 5.92 Å². The Morgan fingerprint density at radius 3 is 2.35 bits per heavy atom. The highest BCUT2D eigenvalue weighted by molar-refractivity contribution is 8.18. The average Bonchev–Trinajstić information content (AvgIpc) is 3.12. The molecule has 2 fully saturated rings. The number of cyclic esters (lactones) is 1. The van der Waals surface area contributed by atoms with E-state index >= 15 is 0 Å². The highest BCUT2D eigenvalue weighted by atomic mass is 32.2. The molecule has 8 heteroatoms. The Balaban J connectivity index is 1.94. The molecule has 0 aromatic heterocycles. The normalized spacial score (nSPS) is 24.0. The number of hydrogen-bond acceptors (Lipinski definition) is 7. The number of rotatable bonds is 7. The second-order valence-electron chi connectivity index (χ2n) is 9.70. The second-order valence-corrected chi connectivity index (χ2v) is 17.4. The number of hydrogen-bond donors (Lipinski definition) is 0. The van der Waals surface area contributed by atoms with Crippen LogP contribution < -0.4 is 9.47 Å². The maximum Gasteiger partial charge on any atom is 0.306 e. The first kappa shape index (κ1) is 24.8. The highest BCUT2D eigenvalue weighted by Gasteiger charge is 2.53. The van der Waals surface area contributed by atoms with Gasteiger partial charge in [0.05, 0.1) is 31.3 Å². The van der Waals surface area contributed by atoms with Crippen molar-refractivity contribution in [3.8, 4) is 11.5 Å². The van der Waals surface area contributed by atoms with Crippen molar-refractivity contribution in [2.45, 2.75) is 61.9 Å². The second kappa shape index (κ2) is 9.57. The number of benzene rings is 1. The first-order chi connectivity index (χ1) is 14.5. The van der Waals surface area contributed by atoms with Gasteiger partial charge >= 0.3 is 5.97 Å². The maximum absolute atomic E-state index is 12.5. The van der Waals surface area contributed by atoms with Crippen LogP contribution in [0.15, 0.2) is 18.2 Å². The third-order valence-corrected chi connectivity index (χ3v) is 14.9. The van der Waals surface area contributed by atoms with Crippen LogP contribution in [0.1, 0.15) is 39.2 Å². The summed E-state index contributed by atoms with van der Waals surface area (Å²) in [4.78, 5) is 12.5. The quantitative estimate of drug-likeness (QED) is 0.364. The zero-order chi connectivity index (χ0) is 22.9. The molecule has 5 nitrogen and oxygen atoms in total. The standard InChI is InChI=1S/C23H36O5S2Si/c1-22(2,3)31(6,7)27-15-20-17(14-21(24)28-20)23(29-11-8-12-30-23)16-9-10-18(25-4)19(13-16)26-5/h9-10,13,17,20H,8,11-12,14-15H2,1-7H3/t17?,20-/m1/s1. The molecule has 1 aromatic rings. The molecule has 31 heavy (non-hydrogen) atoms. The lowest BCUT2D eigenvalue weighted by Gasteiger charge is -2.43. The Morgan fingerprint density at radius 2 is 1.77 bits per heavy atom. The number of carbonyl (C=O) groups is 1. The zero-order valence-electron chi connectivity index (χ0n) is 19.8. The summed E-state index contributed by atoms with van der Waals surface area (Å²) >= 11 is 3.86. The van der Waals surface area contributed by atoms with Crippen LogP contribution >= 0.6 is 23.5 Å². The summed E-state index contributed by atoms with van der Waals surface area (Å²) in [5.74, 6) is 3.46. The molecule has 2 atom stereocenters. The molecule has 0 saturated carbocycles. The van der Waals surface area contributed by atoms with Crippen LogP contribution in [0.5, 0.6) is 11.5 Å². The Hall–Kier alpha value is -0.833. The molecule has 0 N–H and O–H groups in total. The summed E-state index contributed by atoms with van der Waals surface area (Å²) in [7, 11) is 1.36. The third-order valence-electron chi connectivity index (χ3n) is 6.73. The molecule has 2 aliphatic heterocycles. The Morgan fingerprint density at radius 1 is 1.13 bits per heavy atom. The summed E-state index contributed by atoms with van der Waals surface area (Å²) in [5.41, 5.74) is 1.15. The van der Waals surface area contributed by atoms with Crippen molar-refractivity contribution >= 4 is 37.8 Å². The molecule has 0 bridgehead atoms. The van der Waals surface area contributed by atoms with Crippen molar-refractivity contribution in [2.24, 2.45) is 5.92 Å². The highest BCUT2D eigenvalue weighted by Crippen LogP contribution is 2.59. The summed E-state index contributed by atoms with van der Waals surface area (Å²) < 4.78 is 23.1. The number of esters is 1. The van der Waals surface area contributed by atoms with Crippen LogP contribution in [0.3, 0.4) is 0 Å². The van der Waals surface area contributed by atoms with E-state index in [1.54, 1.807) is 14.2 Å². The molecule has 1 unspecified atom stereocenters. The fourth-order valence-electron chi connectivity index (χ4n) is 3.84. The van der Waals surface area contributed by atoms with Crippen molar-refractivity contribution in [2.75, 3.05) is 32.3 Å². The van der Waals surface area contributed by atoms with Crippen molar-refractivity contribution in [1.82, 2.24) is 0 Å². The van der Waals surface area contributed by atoms with Gasteiger partial charge in [-0.05, 0) is 53.8 Å². The molecule has 0 amide bonds. The minimum Gasteiger partial charge on any atom is -0.493 e. The molecule has 3 rings (SSSR count). The topological polar surface area (TPSA) is 54.0 Å². The summed E-state index contributed by atoms with van der Waals surface area (Å²) in [6.45, 7) is 11.6. The Labute approximate surface area is 196 Å². The van der Waals surface area contributed by atoms with E-state index in [1.807, 2.05) is 29.6 Å². The number of methoxy groups -OCH3 is 2. The lowest BCUT2D eigenvalue weighted by atomic mass is 9.91. The van der Waals surface area contributed by atoms with Gasteiger partial charge in [0.25, 0.3) is 0 Å². The zero-order valence-corrected chi connectivity index (χ0v) is 22.4. The van der Waals surface area contributed by atoms with E-state index in [0.717, 1.165) is 23.5 Å². The first-order valence-corrected chi connectivity index (χ1v) is 15.8. The van der Waals surface area contributed by atoms with Gasteiger partial charge in [-0.25, -0.2) is 0 Å². The van der Waals surface area contributed by atoms with E-state index in [9.17, 15) is 4.79 Å². The van der Waals surface area contributed by atoms with Gasteiger partial charge in [0.15, 0.2) is 19.8 Å². The molecule has 0 aliphatic carbocycles. The molecular formula is C23H36O5S2Si. The van der Waals surface area contributed by atoms with Gasteiger partial charge in [-0.3, -0.25) is 4.79 Å². The number of ether oxygens (including phenoxy) is 3. The Bertz CT molecular complexity index is 787. The monoisotopic (exact) mass is 484 g/mol. The SMILES string of the molecule is COc1ccc(C2(C3CC(=O)O[C@@H]3CO[Si](C)(C)C(C)(C)C)SCCCS2)cc1OC. The van der Waals surface area contributed by atoms with Crippen molar-refractivity contribution in [3.63, 3.8) is 0 Å². The van der Waals surface area contributed by atoms with Gasteiger partial charge in [-0.1, -0.05) is 26.8 Å². The molecule has 2 aliphatic rings. The lowest BCUT2D eigenvalue weighted by molar-refractivity contribution is -0.142. The van der Waals surface area contributed by atoms with Gasteiger partial charge in [0.2, 0.25) is 0 Å². The first-order valence-electron chi connectivity index (χ1n) is 10.9. The molecular weight excluding hydrogens is 448 g/mol. The van der Waals surface area contributed by atoms with Crippen LogP contribution in [0.25, 0.3) is 0 Å². The fourth-order valence-corrected chi connectivity index (χ4v) is 8.54. The molecule has 1 aromatic carbocycles. The van der Waals surface area contributed by atoms with E-state index in [-0.39, 0.29) is 27.1 Å². The van der Waals surface area contributed by atoms with Crippen LogP contribution in [0.2, 0.25) is 18.1 Å². The lowest BCUT2D eigenvalue weighted by Crippen LogP contribution is -2.45. The third kappa shape index (κ3) is 5.07. The van der Waals surface area contributed by atoms with Crippen LogP contribution in [0, 0.1) is 5.92 Å². The summed E-state index contributed by atoms with van der Waals surface area (Å²) in [6, 6.07) is 6.14. The molecule has 174 valence electrons. The van der Waals surface area contributed by atoms with E-state index in [2.05, 4.69) is 46.0 Å². The minimum atomic E-state index is -1.95. The smallest absolute Gasteiger partial charge is 0.306 e. The van der Waals surface area contributed by atoms with Crippen LogP contribution in [-0.4, -0.2) is 52.7 Å². The summed E-state index contributed by atoms with van der Waals surface area (Å²) in [5, 5.41) is 0.112. The van der Waals surface area contributed by atoms with Crippen LogP contribution in [-0.2, 0) is 18.0 Å². The van der Waals surface area contributed by atoms with Gasteiger partial charge < -0.3 is 18.6 Å². The van der Waals surface area contributed by atoms with E-state index in [1.165, 1.54) is 0 Å². The predicted molar refractivity (Wildman–Crippen MR) is 132 cm³/mol.